The molecule has 0 radical (unpaired) electrons. The van der Waals surface area contributed by atoms with Crippen LogP contribution in [0.25, 0.3) is 10.9 Å². The first-order valence-electron chi connectivity index (χ1n) is 10.2. The molecule has 160 valence electrons. The number of ether oxygens (including phenoxy) is 2. The number of methoxy groups -OCH3 is 1. The van der Waals surface area contributed by atoms with Gasteiger partial charge in [-0.2, -0.15) is 0 Å². The van der Waals surface area contributed by atoms with Crippen LogP contribution in [0.3, 0.4) is 0 Å². The zero-order valence-electron chi connectivity index (χ0n) is 16.8. The molecule has 2 aliphatic heterocycles. The number of carboxylic acids is 1. The topological polar surface area (TPSA) is 107 Å². The molecule has 3 N–H and O–H groups in total. The highest BCUT2D eigenvalue weighted by molar-refractivity contribution is 5.97. The van der Waals surface area contributed by atoms with Gasteiger partial charge in [0.2, 0.25) is 5.43 Å². The number of benzene rings is 1. The quantitative estimate of drug-likeness (QED) is 0.782. The van der Waals surface area contributed by atoms with E-state index in [9.17, 15) is 14.7 Å². The number of halogens is 1. The number of rotatable bonds is 4. The number of anilines is 1. The molecule has 1 aromatic heterocycles. The van der Waals surface area contributed by atoms with Crippen LogP contribution in [0.1, 0.15) is 42.6 Å². The van der Waals surface area contributed by atoms with Crippen LogP contribution in [0.2, 0.25) is 0 Å². The summed E-state index contributed by atoms with van der Waals surface area (Å²) in [6, 6.07) is 0.843. The Kier molecular flexibility index (Phi) is 4.30. The number of pyridine rings is 1. The molecule has 9 heteroatoms. The van der Waals surface area contributed by atoms with Gasteiger partial charge in [0.15, 0.2) is 11.6 Å². The second kappa shape index (κ2) is 6.68. The van der Waals surface area contributed by atoms with E-state index < -0.39 is 17.2 Å². The van der Waals surface area contributed by atoms with Crippen molar-refractivity contribution in [3.63, 3.8) is 0 Å². The summed E-state index contributed by atoms with van der Waals surface area (Å²) in [6.45, 7) is 2.37. The van der Waals surface area contributed by atoms with Gasteiger partial charge in [-0.05, 0) is 32.3 Å². The van der Waals surface area contributed by atoms with E-state index in [0.29, 0.717) is 18.5 Å². The number of carbonyl (C=O) groups is 1. The van der Waals surface area contributed by atoms with E-state index >= 15 is 4.39 Å². The average molecular weight is 417 g/mol. The Bertz CT molecular complexity index is 1110. The molecule has 2 aromatic rings. The molecular formula is C21H24FN3O5. The molecule has 1 aliphatic carbocycles. The summed E-state index contributed by atoms with van der Waals surface area (Å²) in [4.78, 5) is 26.3. The van der Waals surface area contributed by atoms with Crippen molar-refractivity contribution in [2.45, 2.75) is 56.5 Å². The number of fused-ring (bicyclic) bond motifs is 2. The number of aromatic carboxylic acids is 1. The minimum Gasteiger partial charge on any atom is -0.492 e. The van der Waals surface area contributed by atoms with Crippen molar-refractivity contribution in [1.82, 2.24) is 4.57 Å². The number of hydrogen-bond donors (Lipinski definition) is 2. The van der Waals surface area contributed by atoms with Crippen LogP contribution in [0.15, 0.2) is 17.1 Å². The van der Waals surface area contributed by atoms with Gasteiger partial charge < -0.3 is 29.8 Å². The zero-order valence-corrected chi connectivity index (χ0v) is 16.8. The van der Waals surface area contributed by atoms with E-state index in [2.05, 4.69) is 0 Å². The highest BCUT2D eigenvalue weighted by Gasteiger charge is 2.48. The Morgan fingerprint density at radius 1 is 1.40 bits per heavy atom. The molecule has 1 saturated carbocycles. The van der Waals surface area contributed by atoms with Crippen molar-refractivity contribution < 1.29 is 23.8 Å². The number of aromatic nitrogens is 1. The van der Waals surface area contributed by atoms with Gasteiger partial charge in [0, 0.05) is 18.8 Å². The smallest absolute Gasteiger partial charge is 0.341 e. The van der Waals surface area contributed by atoms with Gasteiger partial charge in [0.25, 0.3) is 0 Å². The number of nitrogens with two attached hydrogens (primary N) is 1. The fraction of sp³-hybridized carbons (Fsp3) is 0.524. The Hall–Kier alpha value is -2.65. The summed E-state index contributed by atoms with van der Waals surface area (Å²) in [5, 5.41) is 9.47. The molecule has 3 fully saturated rings. The molecular weight excluding hydrogens is 393 g/mol. The monoisotopic (exact) mass is 417 g/mol. The highest BCUT2D eigenvalue weighted by atomic mass is 19.1. The van der Waals surface area contributed by atoms with E-state index in [4.69, 9.17) is 15.2 Å². The lowest BCUT2D eigenvalue weighted by Gasteiger charge is -2.28. The van der Waals surface area contributed by atoms with Gasteiger partial charge in [-0.25, -0.2) is 9.18 Å². The Labute approximate surface area is 172 Å². The van der Waals surface area contributed by atoms with E-state index in [0.717, 1.165) is 18.9 Å². The van der Waals surface area contributed by atoms with Gasteiger partial charge in [-0.15, -0.1) is 0 Å². The average Bonchev–Trinajstić information content (AvgIpc) is 3.40. The summed E-state index contributed by atoms with van der Waals surface area (Å²) in [5.74, 6) is -1.72. The van der Waals surface area contributed by atoms with Gasteiger partial charge in [0.05, 0.1) is 42.3 Å². The summed E-state index contributed by atoms with van der Waals surface area (Å²) >= 11 is 0. The van der Waals surface area contributed by atoms with Crippen LogP contribution < -0.4 is 20.8 Å². The van der Waals surface area contributed by atoms with Crippen LogP contribution in [0.5, 0.6) is 5.75 Å². The predicted molar refractivity (Wildman–Crippen MR) is 108 cm³/mol. The van der Waals surface area contributed by atoms with Gasteiger partial charge >= 0.3 is 5.97 Å². The molecule has 1 aromatic carbocycles. The second-order valence-corrected chi connectivity index (χ2v) is 8.48. The second-order valence-electron chi connectivity index (χ2n) is 8.48. The molecule has 4 atom stereocenters. The number of carboxylic acid groups (broad SMARTS) is 1. The lowest BCUT2D eigenvalue weighted by Crippen LogP contribution is -2.35. The van der Waals surface area contributed by atoms with E-state index in [1.165, 1.54) is 13.3 Å². The van der Waals surface area contributed by atoms with Crippen molar-refractivity contribution in [3.05, 3.63) is 33.9 Å². The molecule has 0 amide bonds. The SMILES string of the molecule is COc1c(N2C[C@H](N)[C@H]3OC(C)C[C@H]32)c(F)cc2c(=O)c(C(=O)O)cn(C3CC3)c12. The number of hydrogen-bond acceptors (Lipinski definition) is 6. The molecule has 30 heavy (non-hydrogen) atoms. The van der Waals surface area contributed by atoms with Crippen molar-refractivity contribution in [2.75, 3.05) is 18.6 Å². The minimum atomic E-state index is -1.33. The largest absolute Gasteiger partial charge is 0.492 e. The zero-order chi connectivity index (χ0) is 21.3. The van der Waals surface area contributed by atoms with Gasteiger partial charge in [0.1, 0.15) is 11.3 Å². The Morgan fingerprint density at radius 3 is 2.77 bits per heavy atom. The molecule has 2 saturated heterocycles. The molecule has 1 unspecified atom stereocenters. The van der Waals surface area contributed by atoms with Gasteiger partial charge in [-0.3, -0.25) is 4.79 Å². The van der Waals surface area contributed by atoms with Gasteiger partial charge in [-0.1, -0.05) is 0 Å². The molecule has 3 heterocycles. The first kappa shape index (κ1) is 19.3. The molecule has 8 nitrogen and oxygen atoms in total. The number of nitrogens with zero attached hydrogens (tertiary/aromatic N) is 2. The van der Waals surface area contributed by atoms with Crippen LogP contribution in [-0.4, -0.2) is 53.6 Å². The maximum atomic E-state index is 15.5. The lowest BCUT2D eigenvalue weighted by atomic mass is 10.1. The Morgan fingerprint density at radius 2 is 2.13 bits per heavy atom. The normalized spacial score (nSPS) is 28.2. The van der Waals surface area contributed by atoms with Crippen LogP contribution in [0, 0.1) is 5.82 Å². The Balaban J connectivity index is 1.78. The van der Waals surface area contributed by atoms with Crippen LogP contribution >= 0.6 is 0 Å². The van der Waals surface area contributed by atoms with Crippen molar-refractivity contribution in [2.24, 2.45) is 5.73 Å². The molecule has 5 rings (SSSR count). The maximum absolute atomic E-state index is 15.5. The van der Waals surface area contributed by atoms with E-state index in [-0.39, 0.29) is 52.7 Å². The van der Waals surface area contributed by atoms with Crippen molar-refractivity contribution >= 4 is 22.6 Å². The maximum Gasteiger partial charge on any atom is 0.341 e. The first-order valence-corrected chi connectivity index (χ1v) is 10.2. The highest BCUT2D eigenvalue weighted by Crippen LogP contribution is 2.46. The third-order valence-corrected chi connectivity index (χ3v) is 6.43. The molecule has 0 bridgehead atoms. The summed E-state index contributed by atoms with van der Waals surface area (Å²) in [6.07, 6.45) is 3.61. The minimum absolute atomic E-state index is 0.0102. The van der Waals surface area contributed by atoms with Crippen LogP contribution in [-0.2, 0) is 4.74 Å². The standard InChI is InChI=1S/C21H24FN3O5/c1-9-5-15-19(30-9)14(23)8-25(15)17-13(22)6-11-16(20(17)29-2)24(10-3-4-10)7-12(18(11)26)21(27)28/h6-7,9-10,14-15,19H,3-5,8,23H2,1-2H3,(H,27,28)/t9?,14-,15+,19+/m0/s1. The lowest BCUT2D eigenvalue weighted by molar-refractivity contribution is 0.0483. The predicted octanol–water partition coefficient (Wildman–Crippen LogP) is 1.88. The van der Waals surface area contributed by atoms with E-state index in [1.807, 2.05) is 11.8 Å². The summed E-state index contributed by atoms with van der Waals surface area (Å²) in [5.41, 5.74) is 5.87. The third-order valence-electron chi connectivity index (χ3n) is 6.43. The summed E-state index contributed by atoms with van der Waals surface area (Å²) < 4.78 is 28.8. The molecule has 0 spiro atoms. The van der Waals surface area contributed by atoms with Crippen molar-refractivity contribution in [3.8, 4) is 5.75 Å². The fourth-order valence-electron chi connectivity index (χ4n) is 5.00. The van der Waals surface area contributed by atoms with E-state index in [1.54, 1.807) is 4.57 Å². The fourth-order valence-corrected chi connectivity index (χ4v) is 5.00. The molecule has 3 aliphatic rings. The summed E-state index contributed by atoms with van der Waals surface area (Å²) in [7, 11) is 1.44. The third kappa shape index (κ3) is 2.72. The van der Waals surface area contributed by atoms with Crippen LogP contribution in [0.4, 0.5) is 10.1 Å². The first-order chi connectivity index (χ1) is 14.3. The van der Waals surface area contributed by atoms with Crippen molar-refractivity contribution in [1.29, 1.82) is 0 Å².